The molecule has 4 amide bonds. The van der Waals surface area contributed by atoms with Crippen LogP contribution in [-0.4, -0.2) is 41.2 Å². The van der Waals surface area contributed by atoms with Crippen LogP contribution >= 0.6 is 0 Å². The standard InChI is InChI=1S/C23H25N3O3/c1-23(19-12-11-17-9-6-10-18(17)13-19)21(28)26(22(29)24-23)15-20(27)25(2)14-16-7-4-3-5-8-16/h3-5,7-8,11-13H,6,9-10,14-15H2,1-2H3,(H,24,29)/t23-/m1/s1. The summed E-state index contributed by atoms with van der Waals surface area (Å²) >= 11 is 0. The molecule has 0 bridgehead atoms. The third kappa shape index (κ3) is 3.50. The maximum Gasteiger partial charge on any atom is 0.325 e. The number of nitrogens with one attached hydrogen (secondary N) is 1. The molecular formula is C23H25N3O3. The van der Waals surface area contributed by atoms with Gasteiger partial charge in [-0.1, -0.05) is 48.5 Å². The smallest absolute Gasteiger partial charge is 0.325 e. The Morgan fingerprint density at radius 2 is 1.83 bits per heavy atom. The Labute approximate surface area is 170 Å². The summed E-state index contributed by atoms with van der Waals surface area (Å²) in [6.07, 6.45) is 3.17. The zero-order chi connectivity index (χ0) is 20.6. The number of aryl methyl sites for hydroxylation is 2. The third-order valence-electron chi connectivity index (χ3n) is 5.93. The van der Waals surface area contributed by atoms with Crippen molar-refractivity contribution in [3.05, 3.63) is 70.8 Å². The lowest BCUT2D eigenvalue weighted by Gasteiger charge is -2.24. The summed E-state index contributed by atoms with van der Waals surface area (Å²) in [4.78, 5) is 40.9. The van der Waals surface area contributed by atoms with Gasteiger partial charge >= 0.3 is 6.03 Å². The number of carbonyl (C=O) groups excluding carboxylic acids is 3. The number of imide groups is 1. The van der Waals surface area contributed by atoms with Gasteiger partial charge in [0.1, 0.15) is 12.1 Å². The molecule has 1 heterocycles. The highest BCUT2D eigenvalue weighted by Gasteiger charge is 2.49. The first-order chi connectivity index (χ1) is 13.9. The number of carbonyl (C=O) groups is 3. The average Bonchev–Trinajstić information content (AvgIpc) is 3.27. The van der Waals surface area contributed by atoms with Crippen LogP contribution in [0.4, 0.5) is 4.79 Å². The second-order valence-electron chi connectivity index (χ2n) is 8.02. The molecule has 2 aliphatic rings. The summed E-state index contributed by atoms with van der Waals surface area (Å²) in [5.74, 6) is -0.669. The first-order valence-electron chi connectivity index (χ1n) is 9.93. The van der Waals surface area contributed by atoms with E-state index >= 15 is 0 Å². The number of rotatable bonds is 5. The fraction of sp³-hybridized carbons (Fsp3) is 0.348. The molecule has 1 aliphatic carbocycles. The van der Waals surface area contributed by atoms with E-state index in [1.807, 2.05) is 48.5 Å². The van der Waals surface area contributed by atoms with Gasteiger partial charge < -0.3 is 10.2 Å². The summed E-state index contributed by atoms with van der Waals surface area (Å²) in [7, 11) is 1.67. The van der Waals surface area contributed by atoms with E-state index in [1.54, 1.807) is 14.0 Å². The SMILES string of the molecule is CN(Cc1ccccc1)C(=O)CN1C(=O)N[C@](C)(c2ccc3c(c2)CCC3)C1=O. The molecule has 1 atom stereocenters. The van der Waals surface area contributed by atoms with E-state index in [0.717, 1.165) is 35.3 Å². The molecular weight excluding hydrogens is 366 g/mol. The van der Waals surface area contributed by atoms with Gasteiger partial charge in [0.25, 0.3) is 5.91 Å². The van der Waals surface area contributed by atoms with E-state index in [0.29, 0.717) is 6.54 Å². The Kier molecular flexibility index (Phi) is 4.86. The monoisotopic (exact) mass is 391 g/mol. The number of likely N-dealkylation sites (N-methyl/N-ethyl adjacent to an activating group) is 1. The van der Waals surface area contributed by atoms with Crippen molar-refractivity contribution >= 4 is 17.8 Å². The van der Waals surface area contributed by atoms with Crippen LogP contribution in [-0.2, 0) is 34.5 Å². The van der Waals surface area contributed by atoms with Crippen LogP contribution in [0.15, 0.2) is 48.5 Å². The molecule has 0 spiro atoms. The quantitative estimate of drug-likeness (QED) is 0.797. The van der Waals surface area contributed by atoms with E-state index in [1.165, 1.54) is 16.0 Å². The van der Waals surface area contributed by atoms with Crippen LogP contribution in [0.3, 0.4) is 0 Å². The van der Waals surface area contributed by atoms with Gasteiger partial charge in [-0.15, -0.1) is 0 Å². The largest absolute Gasteiger partial charge is 0.340 e. The lowest BCUT2D eigenvalue weighted by Crippen LogP contribution is -2.43. The van der Waals surface area contributed by atoms with Crippen LogP contribution in [0.2, 0.25) is 0 Å². The van der Waals surface area contributed by atoms with Crippen LogP contribution in [0.5, 0.6) is 0 Å². The summed E-state index contributed by atoms with van der Waals surface area (Å²) < 4.78 is 0. The molecule has 1 N–H and O–H groups in total. The molecule has 0 radical (unpaired) electrons. The second kappa shape index (κ2) is 7.35. The molecule has 4 rings (SSSR count). The van der Waals surface area contributed by atoms with Gasteiger partial charge in [-0.05, 0) is 48.4 Å². The van der Waals surface area contributed by atoms with Crippen LogP contribution in [0.25, 0.3) is 0 Å². The first kappa shape index (κ1) is 19.2. The molecule has 0 unspecified atom stereocenters. The predicted molar refractivity (Wildman–Crippen MR) is 109 cm³/mol. The molecule has 2 aromatic carbocycles. The Balaban J connectivity index is 1.48. The molecule has 29 heavy (non-hydrogen) atoms. The number of urea groups is 1. The molecule has 0 aromatic heterocycles. The molecule has 0 saturated carbocycles. The van der Waals surface area contributed by atoms with Crippen LogP contribution in [0, 0.1) is 0 Å². The Morgan fingerprint density at radius 1 is 1.10 bits per heavy atom. The van der Waals surface area contributed by atoms with Gasteiger partial charge in [-0.25, -0.2) is 4.79 Å². The van der Waals surface area contributed by atoms with Crippen molar-refractivity contribution in [2.24, 2.45) is 0 Å². The molecule has 2 aromatic rings. The van der Waals surface area contributed by atoms with Gasteiger partial charge in [0.05, 0.1) is 0 Å². The minimum atomic E-state index is -1.15. The van der Waals surface area contributed by atoms with E-state index in [9.17, 15) is 14.4 Å². The number of benzene rings is 2. The molecule has 1 saturated heterocycles. The number of hydrogen-bond acceptors (Lipinski definition) is 3. The van der Waals surface area contributed by atoms with Crippen molar-refractivity contribution in [2.45, 2.75) is 38.3 Å². The average molecular weight is 391 g/mol. The summed E-state index contributed by atoms with van der Waals surface area (Å²) in [6.45, 7) is 1.86. The van der Waals surface area contributed by atoms with Crippen molar-refractivity contribution in [3.8, 4) is 0 Å². The van der Waals surface area contributed by atoms with E-state index < -0.39 is 11.6 Å². The second-order valence-corrected chi connectivity index (χ2v) is 8.02. The van der Waals surface area contributed by atoms with Crippen molar-refractivity contribution < 1.29 is 14.4 Å². The van der Waals surface area contributed by atoms with Crippen molar-refractivity contribution in [2.75, 3.05) is 13.6 Å². The van der Waals surface area contributed by atoms with Crippen molar-refractivity contribution in [1.82, 2.24) is 15.1 Å². The van der Waals surface area contributed by atoms with E-state index in [2.05, 4.69) is 5.32 Å². The topological polar surface area (TPSA) is 69.7 Å². The third-order valence-corrected chi connectivity index (χ3v) is 5.93. The minimum Gasteiger partial charge on any atom is -0.340 e. The maximum absolute atomic E-state index is 13.1. The van der Waals surface area contributed by atoms with Crippen molar-refractivity contribution in [1.29, 1.82) is 0 Å². The normalized spacial score (nSPS) is 20.6. The van der Waals surface area contributed by atoms with Gasteiger partial charge in [0.15, 0.2) is 0 Å². The number of amides is 4. The highest BCUT2D eigenvalue weighted by Crippen LogP contribution is 2.32. The Morgan fingerprint density at radius 3 is 2.59 bits per heavy atom. The fourth-order valence-electron chi connectivity index (χ4n) is 4.12. The summed E-state index contributed by atoms with van der Waals surface area (Å²) in [6, 6.07) is 15.1. The zero-order valence-electron chi connectivity index (χ0n) is 16.8. The van der Waals surface area contributed by atoms with E-state index in [4.69, 9.17) is 0 Å². The van der Waals surface area contributed by atoms with Crippen LogP contribution in [0.1, 0.15) is 35.6 Å². The van der Waals surface area contributed by atoms with Crippen molar-refractivity contribution in [3.63, 3.8) is 0 Å². The lowest BCUT2D eigenvalue weighted by atomic mass is 9.89. The van der Waals surface area contributed by atoms with Gasteiger partial charge in [-0.3, -0.25) is 14.5 Å². The number of fused-ring (bicyclic) bond motifs is 1. The highest BCUT2D eigenvalue weighted by molar-refractivity contribution is 6.09. The number of hydrogen-bond donors (Lipinski definition) is 1. The Hall–Kier alpha value is -3.15. The maximum atomic E-state index is 13.1. The first-order valence-corrected chi connectivity index (χ1v) is 9.93. The molecule has 1 fully saturated rings. The van der Waals surface area contributed by atoms with Gasteiger partial charge in [0, 0.05) is 13.6 Å². The van der Waals surface area contributed by atoms with Crippen LogP contribution < -0.4 is 5.32 Å². The molecule has 1 aliphatic heterocycles. The minimum absolute atomic E-state index is 0.269. The zero-order valence-corrected chi connectivity index (χ0v) is 16.8. The summed E-state index contributed by atoms with van der Waals surface area (Å²) in [5.41, 5.74) is 3.16. The molecule has 6 heteroatoms. The predicted octanol–water partition coefficient (Wildman–Crippen LogP) is 2.60. The fourth-order valence-corrected chi connectivity index (χ4v) is 4.12. The van der Waals surface area contributed by atoms with Gasteiger partial charge in [-0.2, -0.15) is 0 Å². The van der Waals surface area contributed by atoms with Gasteiger partial charge in [0.2, 0.25) is 5.91 Å². The number of nitrogens with zero attached hydrogens (tertiary/aromatic N) is 2. The van der Waals surface area contributed by atoms with E-state index in [-0.39, 0.29) is 18.4 Å². The Bertz CT molecular complexity index is 973. The lowest BCUT2D eigenvalue weighted by molar-refractivity contribution is -0.138. The highest BCUT2D eigenvalue weighted by atomic mass is 16.2. The summed E-state index contributed by atoms with van der Waals surface area (Å²) in [5, 5.41) is 2.80. The molecule has 150 valence electrons. The molecule has 6 nitrogen and oxygen atoms in total.